The Balaban J connectivity index is 2.18. The number of hydrogen-bond donors (Lipinski definition) is 1. The minimum absolute atomic E-state index is 0.200. The van der Waals surface area contributed by atoms with Crippen molar-refractivity contribution in [3.05, 3.63) is 35.4 Å². The van der Waals surface area contributed by atoms with Crippen molar-refractivity contribution in [3.63, 3.8) is 0 Å². The molecule has 0 spiro atoms. The average Bonchev–Trinajstić information content (AvgIpc) is 2.46. The van der Waals surface area contributed by atoms with Crippen molar-refractivity contribution in [2.24, 2.45) is 0 Å². The van der Waals surface area contributed by atoms with Gasteiger partial charge in [0.15, 0.2) is 0 Å². The van der Waals surface area contributed by atoms with Crippen LogP contribution in [0.25, 0.3) is 0 Å². The Morgan fingerprint density at radius 2 is 2.30 bits per heavy atom. The van der Waals surface area contributed by atoms with Gasteiger partial charge >= 0.3 is 0 Å². The Bertz CT molecular complexity index is 411. The zero-order valence-corrected chi connectivity index (χ0v) is 12.8. The molecule has 0 radical (unpaired) electrons. The van der Waals surface area contributed by atoms with Crippen LogP contribution in [0.4, 0.5) is 0 Å². The molecule has 1 saturated heterocycles. The van der Waals surface area contributed by atoms with Crippen molar-refractivity contribution in [3.8, 4) is 0 Å². The van der Waals surface area contributed by atoms with Gasteiger partial charge < -0.3 is 14.8 Å². The number of morpholine rings is 1. The van der Waals surface area contributed by atoms with Crippen LogP contribution >= 0.6 is 0 Å². The molecule has 1 aliphatic heterocycles. The van der Waals surface area contributed by atoms with Crippen LogP contribution in [0.5, 0.6) is 0 Å². The second kappa shape index (κ2) is 7.74. The van der Waals surface area contributed by atoms with E-state index in [1.807, 2.05) is 0 Å². The maximum Gasteiger partial charge on any atom is 0.0896 e. The number of hydrogen-bond acceptors (Lipinski definition) is 4. The maximum atomic E-state index is 5.98. The highest BCUT2D eigenvalue weighted by Crippen LogP contribution is 2.28. The lowest BCUT2D eigenvalue weighted by Gasteiger charge is -2.39. The van der Waals surface area contributed by atoms with Gasteiger partial charge in [-0.05, 0) is 24.7 Å². The lowest BCUT2D eigenvalue weighted by Crippen LogP contribution is -2.47. The molecule has 0 saturated carbocycles. The van der Waals surface area contributed by atoms with Crippen molar-refractivity contribution in [1.29, 1.82) is 0 Å². The Morgan fingerprint density at radius 1 is 1.45 bits per heavy atom. The Labute approximate surface area is 122 Å². The van der Waals surface area contributed by atoms with E-state index >= 15 is 0 Å². The fraction of sp³-hybridized carbons (Fsp3) is 0.625. The number of benzene rings is 1. The fourth-order valence-corrected chi connectivity index (χ4v) is 2.82. The molecule has 0 aromatic heterocycles. The van der Waals surface area contributed by atoms with Crippen molar-refractivity contribution < 1.29 is 9.47 Å². The predicted molar refractivity (Wildman–Crippen MR) is 80.8 cm³/mol. The molecule has 1 aliphatic rings. The highest BCUT2D eigenvalue weighted by atomic mass is 16.5. The van der Waals surface area contributed by atoms with Crippen molar-refractivity contribution in [2.75, 3.05) is 40.4 Å². The average molecular weight is 278 g/mol. The molecule has 4 nitrogen and oxygen atoms in total. The van der Waals surface area contributed by atoms with Gasteiger partial charge in [0.05, 0.1) is 25.4 Å². The van der Waals surface area contributed by atoms with Gasteiger partial charge in [0.25, 0.3) is 0 Å². The molecule has 0 bridgehead atoms. The molecule has 1 heterocycles. The second-order valence-corrected chi connectivity index (χ2v) is 5.32. The number of nitrogens with zero attached hydrogens (tertiary/aromatic N) is 1. The monoisotopic (exact) mass is 278 g/mol. The molecule has 0 aliphatic carbocycles. The third kappa shape index (κ3) is 3.79. The summed E-state index contributed by atoms with van der Waals surface area (Å²) >= 11 is 0. The SMILES string of the molecule is CCNCC1OCCN(C)C1c1cccc(COC)c1. The predicted octanol–water partition coefficient (Wildman–Crippen LogP) is 1.81. The zero-order chi connectivity index (χ0) is 14.4. The summed E-state index contributed by atoms with van der Waals surface area (Å²) in [7, 11) is 3.91. The van der Waals surface area contributed by atoms with Crippen LogP contribution < -0.4 is 5.32 Å². The molecule has 20 heavy (non-hydrogen) atoms. The Hall–Kier alpha value is -0.940. The van der Waals surface area contributed by atoms with E-state index in [2.05, 4.69) is 48.5 Å². The van der Waals surface area contributed by atoms with Gasteiger partial charge in [0.2, 0.25) is 0 Å². The van der Waals surface area contributed by atoms with E-state index in [4.69, 9.17) is 9.47 Å². The van der Waals surface area contributed by atoms with E-state index in [1.165, 1.54) is 11.1 Å². The summed E-state index contributed by atoms with van der Waals surface area (Å²) < 4.78 is 11.2. The van der Waals surface area contributed by atoms with E-state index in [9.17, 15) is 0 Å². The zero-order valence-electron chi connectivity index (χ0n) is 12.8. The Kier molecular flexibility index (Phi) is 5.98. The molecule has 4 heteroatoms. The lowest BCUT2D eigenvalue weighted by molar-refractivity contribution is -0.0612. The third-order valence-corrected chi connectivity index (χ3v) is 3.80. The van der Waals surface area contributed by atoms with Gasteiger partial charge in [0, 0.05) is 20.2 Å². The maximum absolute atomic E-state index is 5.98. The lowest BCUT2D eigenvalue weighted by atomic mass is 9.96. The van der Waals surface area contributed by atoms with Gasteiger partial charge in [-0.1, -0.05) is 31.2 Å². The molecule has 0 amide bonds. The van der Waals surface area contributed by atoms with Crippen LogP contribution in [-0.2, 0) is 16.1 Å². The first-order chi connectivity index (χ1) is 9.76. The molecule has 1 aromatic rings. The molecule has 2 atom stereocenters. The molecule has 2 rings (SSSR count). The summed E-state index contributed by atoms with van der Waals surface area (Å²) in [4.78, 5) is 2.39. The van der Waals surface area contributed by atoms with E-state index < -0.39 is 0 Å². The normalized spacial score (nSPS) is 23.9. The van der Waals surface area contributed by atoms with Gasteiger partial charge in [-0.25, -0.2) is 0 Å². The topological polar surface area (TPSA) is 33.7 Å². The number of nitrogens with one attached hydrogen (secondary N) is 1. The molecule has 1 aromatic carbocycles. The number of ether oxygens (including phenoxy) is 2. The first-order valence-corrected chi connectivity index (χ1v) is 7.36. The summed E-state index contributed by atoms with van der Waals surface area (Å²) in [6.45, 7) is 6.42. The summed E-state index contributed by atoms with van der Waals surface area (Å²) in [5, 5.41) is 3.40. The number of rotatable bonds is 6. The van der Waals surface area contributed by atoms with Gasteiger partial charge in [0.1, 0.15) is 0 Å². The minimum atomic E-state index is 0.200. The first kappa shape index (κ1) is 15.4. The molecular formula is C16H26N2O2. The van der Waals surface area contributed by atoms with Crippen molar-refractivity contribution >= 4 is 0 Å². The van der Waals surface area contributed by atoms with E-state index in [0.29, 0.717) is 12.6 Å². The highest BCUT2D eigenvalue weighted by molar-refractivity contribution is 5.27. The fourth-order valence-electron chi connectivity index (χ4n) is 2.82. The third-order valence-electron chi connectivity index (χ3n) is 3.80. The van der Waals surface area contributed by atoms with Crippen LogP contribution in [0, 0.1) is 0 Å². The van der Waals surface area contributed by atoms with Crippen LogP contribution in [0.1, 0.15) is 24.1 Å². The largest absolute Gasteiger partial charge is 0.380 e. The van der Waals surface area contributed by atoms with Crippen LogP contribution in [0.3, 0.4) is 0 Å². The molecule has 112 valence electrons. The molecule has 1 N–H and O–H groups in total. The van der Waals surface area contributed by atoms with Gasteiger partial charge in [-0.15, -0.1) is 0 Å². The number of methoxy groups -OCH3 is 1. The summed E-state index contributed by atoms with van der Waals surface area (Å²) in [6.07, 6.45) is 0.200. The first-order valence-electron chi connectivity index (χ1n) is 7.36. The van der Waals surface area contributed by atoms with E-state index in [1.54, 1.807) is 7.11 Å². The molecular weight excluding hydrogens is 252 g/mol. The van der Waals surface area contributed by atoms with Crippen molar-refractivity contribution in [1.82, 2.24) is 10.2 Å². The van der Waals surface area contributed by atoms with Crippen LogP contribution in [-0.4, -0.2) is 51.4 Å². The van der Waals surface area contributed by atoms with Gasteiger partial charge in [-0.3, -0.25) is 4.90 Å². The number of likely N-dealkylation sites (N-methyl/N-ethyl adjacent to an activating group) is 2. The van der Waals surface area contributed by atoms with Gasteiger partial charge in [-0.2, -0.15) is 0 Å². The van der Waals surface area contributed by atoms with Crippen molar-refractivity contribution in [2.45, 2.75) is 25.7 Å². The van der Waals surface area contributed by atoms with E-state index in [0.717, 1.165) is 26.2 Å². The minimum Gasteiger partial charge on any atom is -0.380 e. The summed E-state index contributed by atoms with van der Waals surface area (Å²) in [5.74, 6) is 0. The molecule has 2 unspecified atom stereocenters. The Morgan fingerprint density at radius 3 is 3.05 bits per heavy atom. The standard InChI is InChI=1S/C16H26N2O2/c1-4-17-11-15-16(18(2)8-9-20-15)14-7-5-6-13(10-14)12-19-3/h5-7,10,15-17H,4,8-9,11-12H2,1-3H3. The van der Waals surface area contributed by atoms with Crippen LogP contribution in [0.2, 0.25) is 0 Å². The quantitative estimate of drug-likeness (QED) is 0.860. The molecule has 1 fully saturated rings. The highest BCUT2D eigenvalue weighted by Gasteiger charge is 2.31. The summed E-state index contributed by atoms with van der Waals surface area (Å²) in [5.41, 5.74) is 2.52. The second-order valence-electron chi connectivity index (χ2n) is 5.32. The van der Waals surface area contributed by atoms with E-state index in [-0.39, 0.29) is 6.10 Å². The summed E-state index contributed by atoms with van der Waals surface area (Å²) in [6, 6.07) is 8.94. The smallest absolute Gasteiger partial charge is 0.0896 e. The van der Waals surface area contributed by atoms with Crippen LogP contribution in [0.15, 0.2) is 24.3 Å².